The fourth-order valence-corrected chi connectivity index (χ4v) is 2.50. The maximum Gasteiger partial charge on any atom is 0.471 e. The van der Waals surface area contributed by atoms with E-state index >= 15 is 0 Å². The summed E-state index contributed by atoms with van der Waals surface area (Å²) in [6, 6.07) is 3.23. The maximum atomic E-state index is 14.1. The summed E-state index contributed by atoms with van der Waals surface area (Å²) in [4.78, 5) is 19.1. The number of ether oxygens (including phenoxy) is 1. The predicted octanol–water partition coefficient (Wildman–Crippen LogP) is 3.75. The first-order valence-electron chi connectivity index (χ1n) is 7.03. The van der Waals surface area contributed by atoms with E-state index in [1.54, 1.807) is 10.9 Å². The molecule has 2 heterocycles. The van der Waals surface area contributed by atoms with Crippen LogP contribution in [-0.2, 0) is 17.5 Å². The minimum Gasteiger partial charge on any atom is -0.367 e. The van der Waals surface area contributed by atoms with Crippen molar-refractivity contribution in [2.75, 3.05) is 6.61 Å². The van der Waals surface area contributed by atoms with Crippen molar-refractivity contribution in [2.24, 2.45) is 0 Å². The van der Waals surface area contributed by atoms with Crippen molar-refractivity contribution in [3.63, 3.8) is 0 Å². The van der Waals surface area contributed by atoms with Crippen molar-refractivity contribution in [2.45, 2.75) is 12.8 Å². The van der Waals surface area contributed by atoms with Gasteiger partial charge in [-0.15, -0.1) is 11.3 Å². The van der Waals surface area contributed by atoms with Crippen molar-refractivity contribution in [3.8, 4) is 11.4 Å². The molecule has 6 nitrogen and oxygen atoms in total. The molecule has 0 spiro atoms. The molecule has 2 aromatic heterocycles. The summed E-state index contributed by atoms with van der Waals surface area (Å²) in [7, 11) is 0. The number of alkyl halides is 3. The lowest BCUT2D eigenvalue weighted by Gasteiger charge is -2.04. The zero-order valence-electron chi connectivity index (χ0n) is 12.8. The third-order valence-electron chi connectivity index (χ3n) is 3.17. The van der Waals surface area contributed by atoms with E-state index in [1.165, 1.54) is 17.4 Å². The third kappa shape index (κ3) is 4.11. The van der Waals surface area contributed by atoms with Crippen LogP contribution < -0.4 is 0 Å². The minimum absolute atomic E-state index is 0.00377. The Balaban J connectivity index is 1.68. The highest BCUT2D eigenvalue weighted by Gasteiger charge is 2.38. The van der Waals surface area contributed by atoms with Gasteiger partial charge in [-0.3, -0.25) is 4.79 Å². The number of ketones is 1. The average molecular weight is 387 g/mol. The maximum absolute atomic E-state index is 14.1. The van der Waals surface area contributed by atoms with Crippen molar-refractivity contribution in [1.29, 1.82) is 0 Å². The van der Waals surface area contributed by atoms with Gasteiger partial charge in [0.25, 0.3) is 0 Å². The largest absolute Gasteiger partial charge is 0.471 e. The number of carbonyl (C=O) groups excluding carboxylic acids is 1. The van der Waals surface area contributed by atoms with Crippen LogP contribution in [0, 0.1) is 5.82 Å². The monoisotopic (exact) mass is 387 g/mol. The van der Waals surface area contributed by atoms with Crippen LogP contribution in [0.1, 0.15) is 21.9 Å². The number of hydrogen-bond acceptors (Lipinski definition) is 7. The van der Waals surface area contributed by atoms with Crippen molar-refractivity contribution >= 4 is 17.1 Å². The van der Waals surface area contributed by atoms with Gasteiger partial charge in [0.05, 0.1) is 23.4 Å². The molecule has 0 saturated carbocycles. The molecule has 0 fully saturated rings. The second-order valence-corrected chi connectivity index (χ2v) is 5.73. The molecule has 0 atom stereocenters. The van der Waals surface area contributed by atoms with E-state index in [0.717, 1.165) is 12.1 Å². The van der Waals surface area contributed by atoms with Gasteiger partial charge in [0, 0.05) is 10.9 Å². The highest BCUT2D eigenvalue weighted by molar-refractivity contribution is 7.07. The van der Waals surface area contributed by atoms with E-state index < -0.39 is 29.5 Å². The van der Waals surface area contributed by atoms with E-state index in [0.29, 0.717) is 5.69 Å². The second kappa shape index (κ2) is 7.30. The number of rotatable bonds is 6. The van der Waals surface area contributed by atoms with Crippen LogP contribution in [0.15, 0.2) is 33.6 Å². The molecule has 0 aliphatic rings. The zero-order valence-corrected chi connectivity index (χ0v) is 13.6. The number of halogens is 4. The summed E-state index contributed by atoms with van der Waals surface area (Å²) in [5.41, 5.74) is 1.98. The number of thiazole rings is 1. The lowest BCUT2D eigenvalue weighted by atomic mass is 10.1. The molecule has 1 aromatic carbocycles. The number of aromatic nitrogens is 3. The van der Waals surface area contributed by atoms with Gasteiger partial charge >= 0.3 is 12.1 Å². The smallest absolute Gasteiger partial charge is 0.367 e. The fraction of sp³-hybridized carbons (Fsp3) is 0.200. The first kappa shape index (κ1) is 18.1. The summed E-state index contributed by atoms with van der Waals surface area (Å²) < 4.78 is 60.8. The van der Waals surface area contributed by atoms with Crippen LogP contribution in [0.4, 0.5) is 17.6 Å². The molecule has 26 heavy (non-hydrogen) atoms. The van der Waals surface area contributed by atoms with Crippen LogP contribution in [0.5, 0.6) is 0 Å². The Kier molecular flexibility index (Phi) is 5.09. The standard InChI is InChI=1S/C15H9F4N3O3S/c16-11-3-8(12(23)5-24-4-9-6-26-7-20-9)1-2-10(11)13-21-14(25-22-13)15(17,18)19/h1-3,6-7H,4-5H2. The van der Waals surface area contributed by atoms with Gasteiger partial charge in [0.1, 0.15) is 12.4 Å². The number of nitrogens with zero attached hydrogens (tertiary/aromatic N) is 3. The first-order chi connectivity index (χ1) is 12.3. The third-order valence-corrected chi connectivity index (χ3v) is 3.80. The van der Waals surface area contributed by atoms with E-state index in [1.807, 2.05) is 0 Å². The number of benzene rings is 1. The molecule has 0 aliphatic heterocycles. The Hall–Kier alpha value is -2.66. The van der Waals surface area contributed by atoms with E-state index in [-0.39, 0.29) is 24.3 Å². The Bertz CT molecular complexity index is 909. The molecule has 0 radical (unpaired) electrons. The van der Waals surface area contributed by atoms with Gasteiger partial charge in [-0.05, 0) is 12.1 Å². The number of carbonyl (C=O) groups is 1. The molecule has 3 aromatic rings. The molecular formula is C15H9F4N3O3S. The van der Waals surface area contributed by atoms with Crippen LogP contribution in [0.25, 0.3) is 11.4 Å². The molecule has 136 valence electrons. The fourth-order valence-electron chi connectivity index (χ4n) is 1.96. The van der Waals surface area contributed by atoms with Crippen molar-refractivity contribution in [3.05, 3.63) is 52.1 Å². The number of hydrogen-bond donors (Lipinski definition) is 0. The van der Waals surface area contributed by atoms with E-state index in [2.05, 4.69) is 19.6 Å². The van der Waals surface area contributed by atoms with Crippen LogP contribution in [0.2, 0.25) is 0 Å². The summed E-state index contributed by atoms with van der Waals surface area (Å²) >= 11 is 1.38. The molecule has 0 unspecified atom stereocenters. The lowest BCUT2D eigenvalue weighted by molar-refractivity contribution is -0.159. The van der Waals surface area contributed by atoms with Gasteiger partial charge in [0.2, 0.25) is 5.82 Å². The summed E-state index contributed by atoms with van der Waals surface area (Å²) in [5.74, 6) is -3.59. The first-order valence-corrected chi connectivity index (χ1v) is 7.97. The highest BCUT2D eigenvalue weighted by Crippen LogP contribution is 2.30. The van der Waals surface area contributed by atoms with Crippen LogP contribution in [0.3, 0.4) is 0 Å². The minimum atomic E-state index is -4.83. The van der Waals surface area contributed by atoms with Gasteiger partial charge in [-0.1, -0.05) is 11.2 Å². The summed E-state index contributed by atoms with van der Waals surface area (Å²) in [5, 5.41) is 4.87. The van der Waals surface area contributed by atoms with E-state index in [9.17, 15) is 22.4 Å². The molecule has 0 aliphatic carbocycles. The quantitative estimate of drug-likeness (QED) is 0.474. The molecule has 0 saturated heterocycles. The van der Waals surface area contributed by atoms with Gasteiger partial charge in [-0.2, -0.15) is 18.2 Å². The lowest BCUT2D eigenvalue weighted by Crippen LogP contribution is -2.10. The second-order valence-electron chi connectivity index (χ2n) is 5.01. The Morgan fingerprint density at radius 2 is 2.12 bits per heavy atom. The summed E-state index contributed by atoms with van der Waals surface area (Å²) in [6.45, 7) is -0.157. The summed E-state index contributed by atoms with van der Waals surface area (Å²) in [6.07, 6.45) is -4.83. The van der Waals surface area contributed by atoms with Gasteiger partial charge in [-0.25, -0.2) is 9.37 Å². The highest BCUT2D eigenvalue weighted by atomic mass is 32.1. The SMILES string of the molecule is O=C(COCc1cscn1)c1ccc(-c2noc(C(F)(F)F)n2)c(F)c1. The molecular weight excluding hydrogens is 378 g/mol. The van der Waals surface area contributed by atoms with Crippen molar-refractivity contribution < 1.29 is 31.6 Å². The molecule has 3 rings (SSSR count). The Morgan fingerprint density at radius 1 is 1.31 bits per heavy atom. The van der Waals surface area contributed by atoms with Gasteiger partial charge < -0.3 is 9.26 Å². The van der Waals surface area contributed by atoms with Crippen LogP contribution in [-0.4, -0.2) is 27.5 Å². The van der Waals surface area contributed by atoms with Crippen LogP contribution >= 0.6 is 11.3 Å². The zero-order chi connectivity index (χ0) is 18.7. The molecule has 0 N–H and O–H groups in total. The van der Waals surface area contributed by atoms with Gasteiger partial charge in [0.15, 0.2) is 5.78 Å². The Morgan fingerprint density at radius 3 is 2.73 bits per heavy atom. The predicted molar refractivity (Wildman–Crippen MR) is 80.8 cm³/mol. The Labute approximate surface area is 147 Å². The van der Waals surface area contributed by atoms with E-state index in [4.69, 9.17) is 4.74 Å². The molecule has 11 heteroatoms. The molecule has 0 bridgehead atoms. The average Bonchev–Trinajstić information content (AvgIpc) is 3.25. The number of Topliss-reactive ketones (excluding diaryl/α,β-unsaturated/α-hetero) is 1. The normalized spacial score (nSPS) is 11.7. The molecule has 0 amide bonds. The van der Waals surface area contributed by atoms with Crippen molar-refractivity contribution in [1.82, 2.24) is 15.1 Å². The topological polar surface area (TPSA) is 78.1 Å².